The minimum absolute atomic E-state index is 0.172. The highest BCUT2D eigenvalue weighted by molar-refractivity contribution is 7.09. The lowest BCUT2D eigenvalue weighted by molar-refractivity contribution is 0.219. The zero-order chi connectivity index (χ0) is 13.3. The third-order valence-corrected chi connectivity index (χ3v) is 3.69. The normalized spacial score (nSPS) is 13.4. The van der Waals surface area contributed by atoms with Gasteiger partial charge in [-0.3, -0.25) is 4.90 Å². The van der Waals surface area contributed by atoms with Gasteiger partial charge in [-0.1, -0.05) is 41.5 Å². The molecular weight excluding hydrogens is 228 g/mol. The summed E-state index contributed by atoms with van der Waals surface area (Å²) in [5, 5.41) is 3.43. The average molecular weight is 254 g/mol. The molecule has 0 aliphatic rings. The highest BCUT2D eigenvalue weighted by atomic mass is 32.1. The molecule has 0 unspecified atom stereocenters. The number of aromatic nitrogens is 1. The summed E-state index contributed by atoms with van der Waals surface area (Å²) in [6.07, 6.45) is 0. The van der Waals surface area contributed by atoms with Gasteiger partial charge in [-0.25, -0.2) is 4.98 Å². The molecule has 0 saturated carbocycles. The Labute approximate surface area is 110 Å². The van der Waals surface area contributed by atoms with Crippen molar-refractivity contribution in [3.8, 4) is 0 Å². The van der Waals surface area contributed by atoms with Crippen LogP contribution in [0.15, 0.2) is 5.38 Å². The number of rotatable bonds is 3. The van der Waals surface area contributed by atoms with Gasteiger partial charge in [0.05, 0.1) is 10.7 Å². The summed E-state index contributed by atoms with van der Waals surface area (Å²) in [6.45, 7) is 15.5. The molecule has 0 atom stereocenters. The summed E-state index contributed by atoms with van der Waals surface area (Å²) in [4.78, 5) is 7.08. The predicted octanol–water partition coefficient (Wildman–Crippen LogP) is 3.92. The molecule has 0 aromatic carbocycles. The molecule has 0 radical (unpaired) electrons. The Kier molecular flexibility index (Phi) is 4.37. The van der Waals surface area contributed by atoms with Crippen LogP contribution in [0.1, 0.15) is 52.2 Å². The van der Waals surface area contributed by atoms with E-state index in [2.05, 4.69) is 58.9 Å². The fraction of sp³-hybridized carbons (Fsp3) is 0.786. The molecule has 0 bridgehead atoms. The lowest BCUT2D eigenvalue weighted by atomic mass is 9.96. The summed E-state index contributed by atoms with van der Waals surface area (Å²) in [6, 6.07) is 0. The number of hydrogen-bond acceptors (Lipinski definition) is 3. The smallest absolute Gasteiger partial charge is 0.0982 e. The molecule has 1 aromatic heterocycles. The first-order chi connectivity index (χ1) is 7.58. The Morgan fingerprint density at radius 2 is 1.76 bits per heavy atom. The maximum Gasteiger partial charge on any atom is 0.0982 e. The van der Waals surface area contributed by atoms with Crippen molar-refractivity contribution in [3.63, 3.8) is 0 Å². The Morgan fingerprint density at radius 3 is 2.18 bits per heavy atom. The lowest BCUT2D eigenvalue weighted by Crippen LogP contribution is -2.29. The second kappa shape index (κ2) is 5.07. The summed E-state index contributed by atoms with van der Waals surface area (Å²) < 4.78 is 0. The summed E-state index contributed by atoms with van der Waals surface area (Å²) in [5.41, 5.74) is 1.72. The van der Waals surface area contributed by atoms with Gasteiger partial charge in [-0.15, -0.1) is 11.3 Å². The van der Waals surface area contributed by atoms with Crippen LogP contribution in [0.25, 0.3) is 0 Å². The summed E-state index contributed by atoms with van der Waals surface area (Å²) in [7, 11) is 2.17. The molecule has 98 valence electrons. The molecule has 0 aliphatic carbocycles. The minimum Gasteiger partial charge on any atom is -0.300 e. The van der Waals surface area contributed by atoms with Gasteiger partial charge in [-0.05, 0) is 12.5 Å². The van der Waals surface area contributed by atoms with Gasteiger partial charge in [0.25, 0.3) is 0 Å². The predicted molar refractivity (Wildman–Crippen MR) is 76.6 cm³/mol. The number of hydrogen-bond donors (Lipinski definition) is 0. The molecule has 0 fully saturated rings. The Balaban J connectivity index is 2.61. The van der Waals surface area contributed by atoms with Gasteiger partial charge < -0.3 is 0 Å². The third-order valence-electron chi connectivity index (χ3n) is 2.37. The first-order valence-corrected chi connectivity index (χ1v) is 7.09. The molecule has 0 amide bonds. The second-order valence-corrected chi connectivity index (χ2v) is 7.99. The Hall–Kier alpha value is -0.410. The van der Waals surface area contributed by atoms with Crippen LogP contribution in [-0.4, -0.2) is 23.5 Å². The van der Waals surface area contributed by atoms with E-state index in [1.165, 1.54) is 10.7 Å². The molecule has 17 heavy (non-hydrogen) atoms. The van der Waals surface area contributed by atoms with E-state index >= 15 is 0 Å². The van der Waals surface area contributed by atoms with Gasteiger partial charge >= 0.3 is 0 Å². The van der Waals surface area contributed by atoms with Gasteiger partial charge in [0, 0.05) is 23.9 Å². The van der Waals surface area contributed by atoms with Crippen LogP contribution < -0.4 is 0 Å². The standard InChI is InChI=1S/C14H26N2S/c1-13(2,3)10-16(7)8-11-9-17-12(15-11)14(4,5)6/h9H,8,10H2,1-7H3. The van der Waals surface area contributed by atoms with Gasteiger partial charge in [0.2, 0.25) is 0 Å². The maximum atomic E-state index is 4.73. The first kappa shape index (κ1) is 14.7. The fourth-order valence-electron chi connectivity index (χ4n) is 1.87. The largest absolute Gasteiger partial charge is 0.300 e. The SMILES string of the molecule is CN(Cc1csc(C(C)(C)C)n1)CC(C)(C)C. The van der Waals surface area contributed by atoms with E-state index in [-0.39, 0.29) is 5.41 Å². The first-order valence-electron chi connectivity index (χ1n) is 6.21. The van der Waals surface area contributed by atoms with Crippen molar-refractivity contribution in [3.05, 3.63) is 16.1 Å². The quantitative estimate of drug-likeness (QED) is 0.813. The highest BCUT2D eigenvalue weighted by Gasteiger charge is 2.19. The van der Waals surface area contributed by atoms with Crippen molar-refractivity contribution in [1.82, 2.24) is 9.88 Å². The molecule has 1 heterocycles. The van der Waals surface area contributed by atoms with E-state index in [1.807, 2.05) is 0 Å². The summed E-state index contributed by atoms with van der Waals surface area (Å²) in [5.74, 6) is 0. The molecule has 0 N–H and O–H groups in total. The Morgan fingerprint density at radius 1 is 1.18 bits per heavy atom. The van der Waals surface area contributed by atoms with Crippen LogP contribution in [0.2, 0.25) is 0 Å². The summed E-state index contributed by atoms with van der Waals surface area (Å²) >= 11 is 1.78. The fourth-order valence-corrected chi connectivity index (χ4v) is 2.76. The van der Waals surface area contributed by atoms with E-state index in [0.29, 0.717) is 5.41 Å². The van der Waals surface area contributed by atoms with Crippen molar-refractivity contribution in [2.75, 3.05) is 13.6 Å². The van der Waals surface area contributed by atoms with Crippen molar-refractivity contribution < 1.29 is 0 Å². The van der Waals surface area contributed by atoms with Gasteiger partial charge in [0.15, 0.2) is 0 Å². The second-order valence-electron chi connectivity index (χ2n) is 7.13. The van der Waals surface area contributed by atoms with Crippen LogP contribution in [0, 0.1) is 5.41 Å². The van der Waals surface area contributed by atoms with Crippen molar-refractivity contribution >= 4 is 11.3 Å². The molecule has 0 aliphatic heterocycles. The molecular formula is C14H26N2S. The topological polar surface area (TPSA) is 16.1 Å². The van der Waals surface area contributed by atoms with E-state index in [9.17, 15) is 0 Å². The zero-order valence-corrected chi connectivity index (χ0v) is 13.1. The Bertz CT molecular complexity index is 355. The molecule has 2 nitrogen and oxygen atoms in total. The number of nitrogens with zero attached hydrogens (tertiary/aromatic N) is 2. The van der Waals surface area contributed by atoms with E-state index in [4.69, 9.17) is 4.98 Å². The van der Waals surface area contributed by atoms with E-state index < -0.39 is 0 Å². The van der Waals surface area contributed by atoms with Crippen LogP contribution >= 0.6 is 11.3 Å². The molecule has 1 aromatic rings. The van der Waals surface area contributed by atoms with Crippen LogP contribution in [0.4, 0.5) is 0 Å². The lowest BCUT2D eigenvalue weighted by Gasteiger charge is -2.25. The van der Waals surface area contributed by atoms with Gasteiger partial charge in [-0.2, -0.15) is 0 Å². The highest BCUT2D eigenvalue weighted by Crippen LogP contribution is 2.26. The average Bonchev–Trinajstić information content (AvgIpc) is 2.47. The molecule has 0 spiro atoms. The van der Waals surface area contributed by atoms with E-state index in [1.54, 1.807) is 11.3 Å². The van der Waals surface area contributed by atoms with Crippen LogP contribution in [0.3, 0.4) is 0 Å². The van der Waals surface area contributed by atoms with Crippen molar-refractivity contribution in [1.29, 1.82) is 0 Å². The van der Waals surface area contributed by atoms with Gasteiger partial charge in [0.1, 0.15) is 0 Å². The van der Waals surface area contributed by atoms with Crippen LogP contribution in [-0.2, 0) is 12.0 Å². The zero-order valence-electron chi connectivity index (χ0n) is 12.3. The van der Waals surface area contributed by atoms with Crippen molar-refractivity contribution in [2.24, 2.45) is 5.41 Å². The number of thiazole rings is 1. The monoisotopic (exact) mass is 254 g/mol. The minimum atomic E-state index is 0.172. The molecule has 1 rings (SSSR count). The maximum absolute atomic E-state index is 4.73. The third kappa shape index (κ3) is 5.17. The van der Waals surface area contributed by atoms with Crippen LogP contribution in [0.5, 0.6) is 0 Å². The van der Waals surface area contributed by atoms with E-state index in [0.717, 1.165) is 13.1 Å². The van der Waals surface area contributed by atoms with Crippen molar-refractivity contribution in [2.45, 2.75) is 53.5 Å². The molecule has 0 saturated heterocycles. The molecule has 3 heteroatoms.